The van der Waals surface area contributed by atoms with Crippen LogP contribution in [0.3, 0.4) is 0 Å². The van der Waals surface area contributed by atoms with Crippen molar-refractivity contribution in [3.8, 4) is 0 Å². The van der Waals surface area contributed by atoms with E-state index in [1.54, 1.807) is 14.1 Å². The van der Waals surface area contributed by atoms with E-state index in [1.807, 2.05) is 26.0 Å². The lowest BCUT2D eigenvalue weighted by Gasteiger charge is -2.34. The van der Waals surface area contributed by atoms with Gasteiger partial charge in [0.25, 0.3) is 11.8 Å². The minimum atomic E-state index is -3.48. The number of sulfonamides is 1. The van der Waals surface area contributed by atoms with E-state index in [9.17, 15) is 18.0 Å². The molecule has 0 atom stereocenters. The summed E-state index contributed by atoms with van der Waals surface area (Å²) in [5, 5.41) is 3.05. The number of nitrogens with zero attached hydrogens (tertiary/aromatic N) is 3. The number of rotatable bonds is 6. The smallest absolute Gasteiger partial charge is 0.253 e. The predicted molar refractivity (Wildman–Crippen MR) is 142 cm³/mol. The van der Waals surface area contributed by atoms with Gasteiger partial charge in [-0.2, -0.15) is 0 Å². The molecule has 1 saturated heterocycles. The number of piperidine rings is 1. The van der Waals surface area contributed by atoms with Crippen molar-refractivity contribution in [1.29, 1.82) is 0 Å². The topological polar surface area (TPSA) is 99.2 Å². The zero-order chi connectivity index (χ0) is 26.3. The van der Waals surface area contributed by atoms with Gasteiger partial charge in [-0.15, -0.1) is 0 Å². The Labute approximate surface area is 215 Å². The molecule has 1 N–H and O–H groups in total. The molecule has 0 bridgehead atoms. The van der Waals surface area contributed by atoms with E-state index in [0.717, 1.165) is 54.1 Å². The summed E-state index contributed by atoms with van der Waals surface area (Å²) in [4.78, 5) is 31.6. The summed E-state index contributed by atoms with van der Waals surface area (Å²) in [7, 11) is -0.0483. The molecule has 1 aliphatic carbocycles. The Morgan fingerprint density at radius 2 is 1.69 bits per heavy atom. The van der Waals surface area contributed by atoms with E-state index in [4.69, 9.17) is 4.99 Å². The number of hydrogen-bond acceptors (Lipinski definition) is 5. The molecule has 1 aromatic carbocycles. The fourth-order valence-corrected chi connectivity index (χ4v) is 7.33. The van der Waals surface area contributed by atoms with Crippen molar-refractivity contribution in [1.82, 2.24) is 14.5 Å². The molecule has 1 saturated carbocycles. The van der Waals surface area contributed by atoms with Crippen molar-refractivity contribution in [2.45, 2.75) is 71.3 Å². The second-order valence-corrected chi connectivity index (χ2v) is 13.3. The predicted octanol–water partition coefficient (Wildman–Crippen LogP) is 3.07. The molecule has 198 valence electrons. The third kappa shape index (κ3) is 5.37. The third-order valence-electron chi connectivity index (χ3n) is 8.30. The Morgan fingerprint density at radius 1 is 1.11 bits per heavy atom. The Kier molecular flexibility index (Phi) is 7.62. The summed E-state index contributed by atoms with van der Waals surface area (Å²) >= 11 is 0. The van der Waals surface area contributed by atoms with Gasteiger partial charge in [0, 0.05) is 38.7 Å². The summed E-state index contributed by atoms with van der Waals surface area (Å²) in [6.07, 6.45) is 5.66. The van der Waals surface area contributed by atoms with Gasteiger partial charge < -0.3 is 10.2 Å². The molecule has 2 aliphatic heterocycles. The van der Waals surface area contributed by atoms with Gasteiger partial charge in [-0.05, 0) is 80.7 Å². The minimum Gasteiger partial charge on any atom is -0.345 e. The molecule has 2 heterocycles. The van der Waals surface area contributed by atoms with Crippen molar-refractivity contribution in [3.05, 3.63) is 34.4 Å². The van der Waals surface area contributed by atoms with Crippen molar-refractivity contribution in [3.63, 3.8) is 0 Å². The third-order valence-corrected chi connectivity index (χ3v) is 10.2. The molecule has 2 fully saturated rings. The number of hydrogen-bond donors (Lipinski definition) is 1. The second kappa shape index (κ2) is 10.2. The van der Waals surface area contributed by atoms with E-state index in [2.05, 4.69) is 12.2 Å². The molecule has 0 aromatic heterocycles. The quantitative estimate of drug-likeness (QED) is 0.628. The molecule has 0 unspecified atom stereocenters. The summed E-state index contributed by atoms with van der Waals surface area (Å²) in [5.74, 6) is 1.74. The van der Waals surface area contributed by atoms with E-state index in [0.29, 0.717) is 43.8 Å². The molecule has 1 aromatic rings. The fourth-order valence-electron chi connectivity index (χ4n) is 5.87. The van der Waals surface area contributed by atoms with Gasteiger partial charge in [-0.25, -0.2) is 12.7 Å². The Morgan fingerprint density at radius 3 is 2.25 bits per heavy atom. The molecule has 3 aliphatic rings. The normalized spacial score (nSPS) is 24.5. The van der Waals surface area contributed by atoms with Crippen molar-refractivity contribution in [2.75, 3.05) is 32.9 Å². The molecule has 2 amide bonds. The van der Waals surface area contributed by atoms with Crippen molar-refractivity contribution >= 4 is 27.7 Å². The van der Waals surface area contributed by atoms with Crippen LogP contribution in [0, 0.1) is 25.7 Å². The molecular weight excluding hydrogens is 476 g/mol. The standard InChI is InChI=1S/C27H40N4O4S/c1-18-6-8-21(9-7-18)24-28-26(33)27(29-24)11-13-31(14-12-27)36(34,35)15-10-23-19(2)16-22(17-20(23)3)25(32)30(4)5/h16-18,21H,6-15H2,1-5H3,(H,28,29,33). The maximum atomic E-state index is 13.2. The SMILES string of the molecule is Cc1cc(C(=O)N(C)C)cc(C)c1CCS(=O)(=O)N1CCC2(CC1)N=C(C1CCC(C)CC1)NC2=O. The number of nitrogens with one attached hydrogen (secondary N) is 1. The number of aliphatic imine (C=N–C) groups is 1. The Balaban J connectivity index is 1.39. The van der Waals surface area contributed by atoms with Crippen LogP contribution in [0.5, 0.6) is 0 Å². The summed E-state index contributed by atoms with van der Waals surface area (Å²) in [6, 6.07) is 3.67. The van der Waals surface area contributed by atoms with Gasteiger partial charge in [-0.1, -0.05) is 19.8 Å². The van der Waals surface area contributed by atoms with E-state index in [1.165, 1.54) is 9.21 Å². The summed E-state index contributed by atoms with van der Waals surface area (Å²) in [5.41, 5.74) is 2.62. The van der Waals surface area contributed by atoms with Gasteiger partial charge in [0.05, 0.1) is 5.75 Å². The van der Waals surface area contributed by atoms with Crippen LogP contribution in [0.15, 0.2) is 17.1 Å². The second-order valence-electron chi connectivity index (χ2n) is 11.2. The highest BCUT2D eigenvalue weighted by atomic mass is 32.2. The lowest BCUT2D eigenvalue weighted by Crippen LogP contribution is -2.51. The summed E-state index contributed by atoms with van der Waals surface area (Å²) < 4.78 is 27.9. The first-order chi connectivity index (χ1) is 16.9. The van der Waals surface area contributed by atoms with Gasteiger partial charge in [-0.3, -0.25) is 14.6 Å². The molecule has 36 heavy (non-hydrogen) atoms. The van der Waals surface area contributed by atoms with Crippen LogP contribution in [-0.2, 0) is 21.2 Å². The number of benzene rings is 1. The lowest BCUT2D eigenvalue weighted by atomic mass is 9.82. The first-order valence-electron chi connectivity index (χ1n) is 13.1. The van der Waals surface area contributed by atoms with Gasteiger partial charge in [0.2, 0.25) is 10.0 Å². The number of amides is 2. The first kappa shape index (κ1) is 26.8. The van der Waals surface area contributed by atoms with Crippen LogP contribution in [0.25, 0.3) is 0 Å². The fraction of sp³-hybridized carbons (Fsp3) is 0.667. The van der Waals surface area contributed by atoms with Crippen LogP contribution in [0.1, 0.15) is 72.5 Å². The highest BCUT2D eigenvalue weighted by molar-refractivity contribution is 7.89. The van der Waals surface area contributed by atoms with Gasteiger partial charge >= 0.3 is 0 Å². The lowest BCUT2D eigenvalue weighted by molar-refractivity contribution is -0.125. The number of aryl methyl sites for hydroxylation is 2. The van der Waals surface area contributed by atoms with Crippen LogP contribution in [0.4, 0.5) is 0 Å². The average Bonchev–Trinajstić information content (AvgIpc) is 3.13. The van der Waals surface area contributed by atoms with E-state index < -0.39 is 15.6 Å². The van der Waals surface area contributed by atoms with Crippen LogP contribution >= 0.6 is 0 Å². The van der Waals surface area contributed by atoms with Crippen molar-refractivity contribution < 1.29 is 18.0 Å². The average molecular weight is 517 g/mol. The van der Waals surface area contributed by atoms with Crippen LogP contribution in [0.2, 0.25) is 0 Å². The van der Waals surface area contributed by atoms with Crippen LogP contribution in [-0.4, -0.2) is 73.7 Å². The Hall–Kier alpha value is -2.26. The first-order valence-corrected chi connectivity index (χ1v) is 14.7. The summed E-state index contributed by atoms with van der Waals surface area (Å²) in [6.45, 7) is 6.73. The molecule has 1 spiro atoms. The van der Waals surface area contributed by atoms with E-state index >= 15 is 0 Å². The van der Waals surface area contributed by atoms with Gasteiger partial charge in [0.15, 0.2) is 0 Å². The monoisotopic (exact) mass is 516 g/mol. The number of carbonyl (C=O) groups excluding carboxylic acids is 2. The zero-order valence-electron chi connectivity index (χ0n) is 22.3. The van der Waals surface area contributed by atoms with Crippen molar-refractivity contribution in [2.24, 2.45) is 16.8 Å². The largest absolute Gasteiger partial charge is 0.345 e. The minimum absolute atomic E-state index is 0.00360. The van der Waals surface area contributed by atoms with Gasteiger partial charge in [0.1, 0.15) is 11.4 Å². The molecule has 0 radical (unpaired) electrons. The maximum Gasteiger partial charge on any atom is 0.253 e. The Bertz CT molecular complexity index is 1140. The van der Waals surface area contributed by atoms with E-state index in [-0.39, 0.29) is 17.6 Å². The highest BCUT2D eigenvalue weighted by Crippen LogP contribution is 2.36. The van der Waals surface area contributed by atoms with Crippen LogP contribution < -0.4 is 5.32 Å². The number of carbonyl (C=O) groups is 2. The molecule has 9 heteroatoms. The molecular formula is C27H40N4O4S. The maximum absolute atomic E-state index is 13.2. The zero-order valence-corrected chi connectivity index (χ0v) is 23.1. The highest BCUT2D eigenvalue weighted by Gasteiger charge is 2.48. The molecule has 4 rings (SSSR count). The molecule has 8 nitrogen and oxygen atoms in total. The number of amidine groups is 1.